The SMILES string of the molecule is C1CCCCCCCC2(CCCCCC1)CO2. The van der Waals surface area contributed by atoms with E-state index in [4.69, 9.17) is 4.74 Å². The highest BCUT2D eigenvalue weighted by Gasteiger charge is 2.42. The van der Waals surface area contributed by atoms with Gasteiger partial charge in [0.1, 0.15) is 0 Å². The molecule has 2 rings (SSSR count). The number of hydrogen-bond acceptors (Lipinski definition) is 1. The maximum absolute atomic E-state index is 5.72. The van der Waals surface area contributed by atoms with Crippen molar-refractivity contribution in [3.63, 3.8) is 0 Å². The largest absolute Gasteiger partial charge is 0.370 e. The van der Waals surface area contributed by atoms with Crippen molar-refractivity contribution in [1.29, 1.82) is 0 Å². The first-order chi connectivity index (χ1) is 8.41. The van der Waals surface area contributed by atoms with Gasteiger partial charge in [0.2, 0.25) is 0 Å². The molecule has 0 amide bonds. The van der Waals surface area contributed by atoms with Crippen molar-refractivity contribution in [3.05, 3.63) is 0 Å². The van der Waals surface area contributed by atoms with Crippen molar-refractivity contribution >= 4 is 0 Å². The molecule has 17 heavy (non-hydrogen) atoms. The molecule has 2 fully saturated rings. The molecule has 1 saturated carbocycles. The molecule has 0 aromatic rings. The van der Waals surface area contributed by atoms with Gasteiger partial charge in [-0.25, -0.2) is 0 Å². The Balaban J connectivity index is 1.65. The molecule has 0 N–H and O–H groups in total. The minimum absolute atomic E-state index is 0.361. The van der Waals surface area contributed by atoms with Crippen LogP contribution in [0.3, 0.4) is 0 Å². The van der Waals surface area contributed by atoms with Gasteiger partial charge in [-0.2, -0.15) is 0 Å². The predicted octanol–water partition coefficient (Wildman–Crippen LogP) is 5.23. The van der Waals surface area contributed by atoms with E-state index in [0.29, 0.717) is 5.60 Å². The second-order valence-electron chi connectivity index (χ2n) is 6.21. The molecule has 1 saturated heterocycles. The molecule has 1 aliphatic heterocycles. The van der Waals surface area contributed by atoms with Gasteiger partial charge in [-0.3, -0.25) is 0 Å². The first-order valence-electron chi connectivity index (χ1n) is 8.05. The molecule has 1 aliphatic carbocycles. The summed E-state index contributed by atoms with van der Waals surface area (Å²) in [6, 6.07) is 0. The fourth-order valence-electron chi connectivity index (χ4n) is 3.18. The Kier molecular flexibility index (Phi) is 5.84. The van der Waals surface area contributed by atoms with Gasteiger partial charge < -0.3 is 4.74 Å². The summed E-state index contributed by atoms with van der Waals surface area (Å²) in [5.41, 5.74) is 0.361. The molecule has 1 heterocycles. The number of epoxide rings is 1. The lowest BCUT2D eigenvalue weighted by atomic mass is 9.95. The van der Waals surface area contributed by atoms with E-state index in [-0.39, 0.29) is 0 Å². The van der Waals surface area contributed by atoms with Crippen LogP contribution < -0.4 is 0 Å². The summed E-state index contributed by atoms with van der Waals surface area (Å²) in [6.07, 6.45) is 20.1. The van der Waals surface area contributed by atoms with Crippen molar-refractivity contribution < 1.29 is 4.74 Å². The third kappa shape index (κ3) is 5.42. The van der Waals surface area contributed by atoms with Crippen LogP contribution in [0.1, 0.15) is 89.9 Å². The van der Waals surface area contributed by atoms with Crippen LogP contribution in [0, 0.1) is 0 Å². The first kappa shape index (κ1) is 13.4. The van der Waals surface area contributed by atoms with Crippen LogP contribution in [-0.2, 0) is 4.74 Å². The molecule has 2 aliphatic rings. The van der Waals surface area contributed by atoms with Crippen molar-refractivity contribution in [2.24, 2.45) is 0 Å². The lowest BCUT2D eigenvalue weighted by molar-refractivity contribution is 0.260. The first-order valence-corrected chi connectivity index (χ1v) is 8.05. The lowest BCUT2D eigenvalue weighted by Gasteiger charge is -2.11. The third-order valence-electron chi connectivity index (χ3n) is 4.57. The Labute approximate surface area is 107 Å². The molecule has 0 atom stereocenters. The Hall–Kier alpha value is -0.0400. The monoisotopic (exact) mass is 238 g/mol. The van der Waals surface area contributed by atoms with E-state index in [1.54, 1.807) is 0 Å². The average molecular weight is 238 g/mol. The van der Waals surface area contributed by atoms with E-state index in [1.165, 1.54) is 89.9 Å². The molecule has 0 unspecified atom stereocenters. The maximum atomic E-state index is 5.72. The predicted molar refractivity (Wildman–Crippen MR) is 73.3 cm³/mol. The Bertz CT molecular complexity index is 178. The molecule has 1 nitrogen and oxygen atoms in total. The Morgan fingerprint density at radius 3 is 1.06 bits per heavy atom. The van der Waals surface area contributed by atoms with Crippen LogP contribution >= 0.6 is 0 Å². The minimum Gasteiger partial charge on any atom is -0.370 e. The molecule has 0 aromatic heterocycles. The van der Waals surface area contributed by atoms with E-state index in [2.05, 4.69) is 0 Å². The molecule has 0 radical (unpaired) electrons. The smallest absolute Gasteiger partial charge is 0.0916 e. The van der Waals surface area contributed by atoms with Gasteiger partial charge in [-0.05, 0) is 12.8 Å². The van der Waals surface area contributed by atoms with Crippen molar-refractivity contribution in [2.45, 2.75) is 95.5 Å². The second-order valence-corrected chi connectivity index (χ2v) is 6.21. The van der Waals surface area contributed by atoms with E-state index in [9.17, 15) is 0 Å². The van der Waals surface area contributed by atoms with E-state index in [0.717, 1.165) is 6.61 Å². The van der Waals surface area contributed by atoms with Gasteiger partial charge in [0.05, 0.1) is 12.2 Å². The van der Waals surface area contributed by atoms with E-state index < -0.39 is 0 Å². The van der Waals surface area contributed by atoms with E-state index in [1.807, 2.05) is 0 Å². The van der Waals surface area contributed by atoms with Crippen molar-refractivity contribution in [1.82, 2.24) is 0 Å². The molecular formula is C16H30O. The standard InChI is InChI=1S/C16H30O/c1-2-4-6-8-10-12-14-16(15-17-16)13-11-9-7-5-3-1/h1-15H2. The van der Waals surface area contributed by atoms with E-state index >= 15 is 0 Å². The molecular weight excluding hydrogens is 208 g/mol. The van der Waals surface area contributed by atoms with Crippen LogP contribution in [0.4, 0.5) is 0 Å². The summed E-state index contributed by atoms with van der Waals surface area (Å²) >= 11 is 0. The maximum Gasteiger partial charge on any atom is 0.0916 e. The fourth-order valence-corrected chi connectivity index (χ4v) is 3.18. The summed E-state index contributed by atoms with van der Waals surface area (Å²) in [5, 5.41) is 0. The summed E-state index contributed by atoms with van der Waals surface area (Å²) in [5.74, 6) is 0. The highest BCUT2D eigenvalue weighted by molar-refractivity contribution is 4.91. The summed E-state index contributed by atoms with van der Waals surface area (Å²) in [7, 11) is 0. The Morgan fingerprint density at radius 2 is 0.765 bits per heavy atom. The molecule has 1 spiro atoms. The van der Waals surface area contributed by atoms with Crippen LogP contribution in [0.25, 0.3) is 0 Å². The normalized spacial score (nSPS) is 28.2. The van der Waals surface area contributed by atoms with Gasteiger partial charge >= 0.3 is 0 Å². The average Bonchev–Trinajstić information content (AvgIpc) is 3.10. The highest BCUT2D eigenvalue weighted by atomic mass is 16.6. The van der Waals surface area contributed by atoms with Crippen LogP contribution in [0.15, 0.2) is 0 Å². The zero-order valence-corrected chi connectivity index (χ0v) is 11.5. The lowest BCUT2D eigenvalue weighted by Crippen LogP contribution is -2.10. The fraction of sp³-hybridized carbons (Fsp3) is 1.00. The Morgan fingerprint density at radius 1 is 0.471 bits per heavy atom. The minimum atomic E-state index is 0.361. The summed E-state index contributed by atoms with van der Waals surface area (Å²) in [6.45, 7) is 1.06. The van der Waals surface area contributed by atoms with Gasteiger partial charge in [0.15, 0.2) is 0 Å². The molecule has 100 valence electrons. The molecule has 0 bridgehead atoms. The summed E-state index contributed by atoms with van der Waals surface area (Å²) in [4.78, 5) is 0. The zero-order chi connectivity index (χ0) is 11.8. The van der Waals surface area contributed by atoms with Crippen LogP contribution in [0.5, 0.6) is 0 Å². The van der Waals surface area contributed by atoms with Crippen LogP contribution in [-0.4, -0.2) is 12.2 Å². The molecule has 0 aromatic carbocycles. The number of hydrogen-bond donors (Lipinski definition) is 0. The van der Waals surface area contributed by atoms with Crippen molar-refractivity contribution in [3.8, 4) is 0 Å². The quantitative estimate of drug-likeness (QED) is 0.526. The van der Waals surface area contributed by atoms with Gasteiger partial charge in [0.25, 0.3) is 0 Å². The van der Waals surface area contributed by atoms with Crippen LogP contribution in [0.2, 0.25) is 0 Å². The number of ether oxygens (including phenoxy) is 1. The van der Waals surface area contributed by atoms with Gasteiger partial charge in [0, 0.05) is 0 Å². The van der Waals surface area contributed by atoms with Gasteiger partial charge in [-0.15, -0.1) is 0 Å². The summed E-state index contributed by atoms with van der Waals surface area (Å²) < 4.78 is 5.72. The highest BCUT2D eigenvalue weighted by Crippen LogP contribution is 2.38. The zero-order valence-electron chi connectivity index (χ0n) is 11.5. The topological polar surface area (TPSA) is 12.5 Å². The second kappa shape index (κ2) is 7.41. The van der Waals surface area contributed by atoms with Crippen molar-refractivity contribution in [2.75, 3.05) is 6.61 Å². The number of rotatable bonds is 0. The molecule has 1 heteroatoms. The van der Waals surface area contributed by atoms with Gasteiger partial charge in [-0.1, -0.05) is 77.0 Å². The third-order valence-corrected chi connectivity index (χ3v) is 4.57.